The Kier molecular flexibility index (Phi) is 4.97. The van der Waals surface area contributed by atoms with Crippen molar-refractivity contribution in [1.82, 2.24) is 4.98 Å². The van der Waals surface area contributed by atoms with E-state index in [1.165, 1.54) is 5.56 Å². The zero-order valence-corrected chi connectivity index (χ0v) is 11.8. The highest BCUT2D eigenvalue weighted by Crippen LogP contribution is 2.24. The van der Waals surface area contributed by atoms with Gasteiger partial charge in [-0.05, 0) is 23.1 Å². The first-order chi connectivity index (χ1) is 8.49. The lowest BCUT2D eigenvalue weighted by Gasteiger charge is -2.07. The molecule has 0 aliphatic heterocycles. The molecule has 1 aromatic heterocycles. The van der Waals surface area contributed by atoms with Crippen LogP contribution in [0.3, 0.4) is 0 Å². The number of fused-ring (bicyclic) bond motifs is 1. The van der Waals surface area contributed by atoms with Crippen LogP contribution in [0.1, 0.15) is 30.9 Å². The maximum atomic E-state index is 10.8. The fourth-order valence-electron chi connectivity index (χ4n) is 2.06. The standard InChI is InChI=1S/C14H18N2O2.ClH/c1-8(2)9-3-4-11-10(5-12(15)14(17)18)7-16-13(11)6-9;/h3-4,6-8,12,16H,5,15H2,1-2H3,(H,17,18);1H. The first-order valence-electron chi connectivity index (χ1n) is 6.07. The van der Waals surface area contributed by atoms with Gasteiger partial charge in [0.15, 0.2) is 0 Å². The molecule has 4 N–H and O–H groups in total. The molecule has 5 heteroatoms. The maximum absolute atomic E-state index is 10.8. The summed E-state index contributed by atoms with van der Waals surface area (Å²) in [6.45, 7) is 4.29. The number of aromatic amines is 1. The van der Waals surface area contributed by atoms with Gasteiger partial charge >= 0.3 is 5.97 Å². The van der Waals surface area contributed by atoms with E-state index in [0.29, 0.717) is 12.3 Å². The van der Waals surface area contributed by atoms with Gasteiger partial charge in [-0.2, -0.15) is 0 Å². The van der Waals surface area contributed by atoms with Crippen LogP contribution in [-0.2, 0) is 11.2 Å². The van der Waals surface area contributed by atoms with E-state index in [9.17, 15) is 4.79 Å². The SMILES string of the molecule is CC(C)c1ccc2c(CC(N)C(=O)O)c[nH]c2c1.Cl. The molecule has 0 fully saturated rings. The molecular weight excluding hydrogens is 264 g/mol. The van der Waals surface area contributed by atoms with E-state index in [-0.39, 0.29) is 12.4 Å². The highest BCUT2D eigenvalue weighted by atomic mass is 35.5. The summed E-state index contributed by atoms with van der Waals surface area (Å²) in [4.78, 5) is 13.9. The van der Waals surface area contributed by atoms with E-state index in [1.54, 1.807) is 0 Å². The molecule has 0 spiro atoms. The van der Waals surface area contributed by atoms with E-state index in [2.05, 4.69) is 31.0 Å². The van der Waals surface area contributed by atoms with E-state index in [4.69, 9.17) is 10.8 Å². The lowest BCUT2D eigenvalue weighted by Crippen LogP contribution is -2.32. The Hall–Kier alpha value is -1.52. The number of H-pyrrole nitrogens is 1. The van der Waals surface area contributed by atoms with Crippen LogP contribution in [0.25, 0.3) is 10.9 Å². The van der Waals surface area contributed by atoms with Gasteiger partial charge < -0.3 is 15.8 Å². The summed E-state index contributed by atoms with van der Waals surface area (Å²) in [6.07, 6.45) is 2.19. The Morgan fingerprint density at radius 2 is 2.11 bits per heavy atom. The molecule has 0 bridgehead atoms. The monoisotopic (exact) mass is 282 g/mol. The van der Waals surface area contributed by atoms with Gasteiger partial charge in [0.25, 0.3) is 0 Å². The van der Waals surface area contributed by atoms with Crippen molar-refractivity contribution in [3.63, 3.8) is 0 Å². The van der Waals surface area contributed by atoms with Crippen LogP contribution >= 0.6 is 12.4 Å². The molecule has 1 unspecified atom stereocenters. The Morgan fingerprint density at radius 3 is 2.68 bits per heavy atom. The summed E-state index contributed by atoms with van der Waals surface area (Å²) in [5.41, 5.74) is 8.82. The first kappa shape index (κ1) is 15.5. The number of aliphatic carboxylic acids is 1. The predicted molar refractivity (Wildman–Crippen MR) is 79.0 cm³/mol. The summed E-state index contributed by atoms with van der Waals surface area (Å²) in [6, 6.07) is 5.37. The van der Waals surface area contributed by atoms with Crippen molar-refractivity contribution in [3.05, 3.63) is 35.5 Å². The van der Waals surface area contributed by atoms with Crippen molar-refractivity contribution < 1.29 is 9.90 Å². The summed E-state index contributed by atoms with van der Waals surface area (Å²) < 4.78 is 0. The van der Waals surface area contributed by atoms with Crippen molar-refractivity contribution in [2.24, 2.45) is 5.73 Å². The number of nitrogens with two attached hydrogens (primary N) is 1. The number of nitrogens with one attached hydrogen (secondary N) is 1. The van der Waals surface area contributed by atoms with E-state index >= 15 is 0 Å². The van der Waals surface area contributed by atoms with Crippen molar-refractivity contribution >= 4 is 29.3 Å². The van der Waals surface area contributed by atoms with Crippen molar-refractivity contribution in [2.45, 2.75) is 32.2 Å². The molecule has 0 aliphatic rings. The molecule has 1 aromatic carbocycles. The van der Waals surface area contributed by atoms with Gasteiger partial charge in [-0.1, -0.05) is 26.0 Å². The Labute approximate surface area is 118 Å². The molecule has 19 heavy (non-hydrogen) atoms. The summed E-state index contributed by atoms with van der Waals surface area (Å²) >= 11 is 0. The fraction of sp³-hybridized carbons (Fsp3) is 0.357. The Morgan fingerprint density at radius 1 is 1.42 bits per heavy atom. The van der Waals surface area contributed by atoms with Crippen LogP contribution in [0.15, 0.2) is 24.4 Å². The third-order valence-electron chi connectivity index (χ3n) is 3.22. The Balaban J connectivity index is 0.00000180. The molecule has 1 heterocycles. The molecule has 4 nitrogen and oxygen atoms in total. The molecule has 0 amide bonds. The van der Waals surface area contributed by atoms with E-state index < -0.39 is 12.0 Å². The lowest BCUT2D eigenvalue weighted by atomic mass is 10.00. The van der Waals surface area contributed by atoms with Gasteiger partial charge in [-0.25, -0.2) is 0 Å². The smallest absolute Gasteiger partial charge is 0.320 e. The Bertz CT molecular complexity index is 578. The number of benzene rings is 1. The van der Waals surface area contributed by atoms with E-state index in [1.807, 2.05) is 12.3 Å². The topological polar surface area (TPSA) is 79.1 Å². The van der Waals surface area contributed by atoms with Crippen LogP contribution < -0.4 is 5.73 Å². The predicted octanol–water partition coefficient (Wildman–Crippen LogP) is 2.67. The van der Waals surface area contributed by atoms with Crippen molar-refractivity contribution in [1.29, 1.82) is 0 Å². The number of carbonyl (C=O) groups is 1. The minimum Gasteiger partial charge on any atom is -0.480 e. The number of hydrogen-bond acceptors (Lipinski definition) is 2. The number of halogens is 1. The summed E-state index contributed by atoms with van der Waals surface area (Å²) in [7, 11) is 0. The lowest BCUT2D eigenvalue weighted by molar-refractivity contribution is -0.138. The normalized spacial score (nSPS) is 12.4. The minimum atomic E-state index is -0.969. The molecule has 0 saturated carbocycles. The number of hydrogen-bond donors (Lipinski definition) is 3. The van der Waals surface area contributed by atoms with Gasteiger partial charge in [0.05, 0.1) is 0 Å². The first-order valence-corrected chi connectivity index (χ1v) is 6.07. The molecule has 104 valence electrons. The number of aromatic nitrogens is 1. The van der Waals surface area contributed by atoms with Gasteiger partial charge in [0, 0.05) is 23.5 Å². The number of carboxylic acid groups (broad SMARTS) is 1. The van der Waals surface area contributed by atoms with Crippen LogP contribution in [0.2, 0.25) is 0 Å². The zero-order valence-electron chi connectivity index (χ0n) is 11.0. The molecule has 1 atom stereocenters. The summed E-state index contributed by atoms with van der Waals surface area (Å²) in [5.74, 6) is -0.495. The minimum absolute atomic E-state index is 0. The van der Waals surface area contributed by atoms with Crippen LogP contribution in [-0.4, -0.2) is 22.1 Å². The van der Waals surface area contributed by atoms with Gasteiger partial charge in [0.2, 0.25) is 0 Å². The van der Waals surface area contributed by atoms with E-state index in [0.717, 1.165) is 16.5 Å². The average molecular weight is 283 g/mol. The molecule has 0 aliphatic carbocycles. The largest absolute Gasteiger partial charge is 0.480 e. The van der Waals surface area contributed by atoms with Crippen LogP contribution in [0, 0.1) is 0 Å². The average Bonchev–Trinajstić information content (AvgIpc) is 2.71. The second-order valence-corrected chi connectivity index (χ2v) is 4.92. The quantitative estimate of drug-likeness (QED) is 0.806. The third kappa shape index (κ3) is 3.28. The van der Waals surface area contributed by atoms with Gasteiger partial charge in [-0.15, -0.1) is 12.4 Å². The zero-order chi connectivity index (χ0) is 13.3. The second-order valence-electron chi connectivity index (χ2n) is 4.92. The molecule has 0 radical (unpaired) electrons. The van der Waals surface area contributed by atoms with Gasteiger partial charge in [0.1, 0.15) is 6.04 Å². The van der Waals surface area contributed by atoms with Crippen molar-refractivity contribution in [2.75, 3.05) is 0 Å². The van der Waals surface area contributed by atoms with Crippen LogP contribution in [0.4, 0.5) is 0 Å². The third-order valence-corrected chi connectivity index (χ3v) is 3.22. The fourth-order valence-corrected chi connectivity index (χ4v) is 2.06. The molecule has 0 saturated heterocycles. The number of carboxylic acids is 1. The highest BCUT2D eigenvalue weighted by Gasteiger charge is 2.15. The molecule has 2 rings (SSSR count). The molecule has 2 aromatic rings. The van der Waals surface area contributed by atoms with Gasteiger partial charge in [-0.3, -0.25) is 4.79 Å². The van der Waals surface area contributed by atoms with Crippen molar-refractivity contribution in [3.8, 4) is 0 Å². The maximum Gasteiger partial charge on any atom is 0.320 e. The van der Waals surface area contributed by atoms with Crippen LogP contribution in [0.5, 0.6) is 0 Å². The number of rotatable bonds is 4. The summed E-state index contributed by atoms with van der Waals surface area (Å²) in [5, 5.41) is 9.89. The second kappa shape index (κ2) is 6.08. The molecular formula is C14H19ClN2O2. The highest BCUT2D eigenvalue weighted by molar-refractivity contribution is 5.85.